The average Bonchev–Trinajstić information content (AvgIpc) is 3.49. The molecule has 1 aliphatic rings. The van der Waals surface area contributed by atoms with Crippen LogP contribution < -0.4 is 20.1 Å². The van der Waals surface area contributed by atoms with E-state index in [-0.39, 0.29) is 50.9 Å². The SMILES string of the molecule is CCC(C)c1c(C2(O)C(=O)Nc3cc(Cl)ccc32)c(C(=O)Nc2cc(Cl)ccc2F)cn1-c1cnc(OC)nc1OC. The Labute approximate surface area is 250 Å². The monoisotopic (exact) mass is 613 g/mol. The molecule has 0 saturated carbocycles. The number of methoxy groups -OCH3 is 2. The first-order valence-corrected chi connectivity index (χ1v) is 13.6. The normalized spacial score (nSPS) is 16.5. The van der Waals surface area contributed by atoms with Crippen LogP contribution in [-0.2, 0) is 10.4 Å². The molecule has 4 aromatic rings. The van der Waals surface area contributed by atoms with Crippen LogP contribution in [0.5, 0.6) is 11.9 Å². The highest BCUT2D eigenvalue weighted by molar-refractivity contribution is 6.31. The molecule has 10 nitrogen and oxygen atoms in total. The van der Waals surface area contributed by atoms with Crippen molar-refractivity contribution < 1.29 is 28.6 Å². The lowest BCUT2D eigenvalue weighted by molar-refractivity contribution is -0.129. The van der Waals surface area contributed by atoms with Gasteiger partial charge in [-0.3, -0.25) is 9.59 Å². The van der Waals surface area contributed by atoms with Gasteiger partial charge in [-0.15, -0.1) is 0 Å². The van der Waals surface area contributed by atoms with E-state index in [0.29, 0.717) is 22.8 Å². The molecular weight excluding hydrogens is 588 g/mol. The van der Waals surface area contributed by atoms with Gasteiger partial charge in [0.25, 0.3) is 11.8 Å². The van der Waals surface area contributed by atoms with Crippen LogP contribution in [0.2, 0.25) is 10.0 Å². The zero-order chi connectivity index (χ0) is 30.3. The molecule has 2 unspecified atom stereocenters. The number of anilines is 2. The molecule has 3 N–H and O–H groups in total. The highest BCUT2D eigenvalue weighted by atomic mass is 35.5. The number of rotatable bonds is 8. The number of carbonyl (C=O) groups excluding carboxylic acids is 2. The molecule has 0 saturated heterocycles. The van der Waals surface area contributed by atoms with Gasteiger partial charge in [-0.2, -0.15) is 4.98 Å². The highest BCUT2D eigenvalue weighted by Crippen LogP contribution is 2.47. The fourth-order valence-corrected chi connectivity index (χ4v) is 5.35. The fourth-order valence-electron chi connectivity index (χ4n) is 5.01. The summed E-state index contributed by atoms with van der Waals surface area (Å²) in [6.45, 7) is 3.80. The van der Waals surface area contributed by atoms with E-state index in [4.69, 9.17) is 32.7 Å². The molecule has 5 rings (SSSR count). The van der Waals surface area contributed by atoms with Crippen LogP contribution in [0.25, 0.3) is 5.69 Å². The predicted octanol–water partition coefficient (Wildman–Crippen LogP) is 5.68. The number of ether oxygens (including phenoxy) is 2. The van der Waals surface area contributed by atoms with Crippen molar-refractivity contribution in [2.45, 2.75) is 31.8 Å². The number of hydrogen-bond acceptors (Lipinski definition) is 7. The van der Waals surface area contributed by atoms with Crippen molar-refractivity contribution >= 4 is 46.4 Å². The summed E-state index contributed by atoms with van der Waals surface area (Å²) in [4.78, 5) is 36.0. The lowest BCUT2D eigenvalue weighted by Crippen LogP contribution is -2.38. The third-order valence-corrected chi connectivity index (χ3v) is 7.67. The predicted molar refractivity (Wildman–Crippen MR) is 156 cm³/mol. The van der Waals surface area contributed by atoms with Crippen LogP contribution >= 0.6 is 23.2 Å². The van der Waals surface area contributed by atoms with E-state index in [1.165, 1.54) is 56.9 Å². The molecule has 0 spiro atoms. The van der Waals surface area contributed by atoms with Gasteiger partial charge in [-0.05, 0) is 42.7 Å². The molecule has 0 radical (unpaired) electrons. The maximum Gasteiger partial charge on any atom is 0.319 e. The fraction of sp³-hybridized carbons (Fsp3) is 0.241. The van der Waals surface area contributed by atoms with Gasteiger partial charge >= 0.3 is 6.01 Å². The van der Waals surface area contributed by atoms with E-state index in [2.05, 4.69) is 20.6 Å². The average molecular weight is 614 g/mol. The van der Waals surface area contributed by atoms with E-state index in [1.54, 1.807) is 4.57 Å². The van der Waals surface area contributed by atoms with E-state index < -0.39 is 23.2 Å². The van der Waals surface area contributed by atoms with E-state index >= 15 is 0 Å². The van der Waals surface area contributed by atoms with Gasteiger partial charge in [-0.1, -0.05) is 43.1 Å². The van der Waals surface area contributed by atoms with Gasteiger partial charge in [0.1, 0.15) is 11.5 Å². The third-order valence-electron chi connectivity index (χ3n) is 7.20. The smallest absolute Gasteiger partial charge is 0.319 e. The molecule has 13 heteroatoms. The molecule has 2 amide bonds. The maximum atomic E-state index is 14.7. The summed E-state index contributed by atoms with van der Waals surface area (Å²) in [7, 11) is 2.81. The summed E-state index contributed by atoms with van der Waals surface area (Å²) in [5.41, 5.74) is -1.43. The first kappa shape index (κ1) is 29.3. The van der Waals surface area contributed by atoms with Gasteiger partial charge < -0.3 is 29.8 Å². The molecule has 2 aromatic heterocycles. The number of halogens is 3. The van der Waals surface area contributed by atoms with Crippen LogP contribution in [0.15, 0.2) is 48.8 Å². The summed E-state index contributed by atoms with van der Waals surface area (Å²) < 4.78 is 26.9. The number of aromatic nitrogens is 3. The quantitative estimate of drug-likeness (QED) is 0.233. The lowest BCUT2D eigenvalue weighted by Gasteiger charge is -2.26. The Balaban J connectivity index is 1.83. The largest absolute Gasteiger partial charge is 0.479 e. The Bertz CT molecular complexity index is 1730. The van der Waals surface area contributed by atoms with Gasteiger partial charge in [0.15, 0.2) is 5.60 Å². The van der Waals surface area contributed by atoms with Crippen molar-refractivity contribution in [3.8, 4) is 17.6 Å². The zero-order valence-corrected chi connectivity index (χ0v) is 24.5. The standard InChI is InChI=1S/C29H26Cl2FN5O5/c1-5-14(2)24-23(29(40)18-8-6-15(30)10-20(18)35-27(29)39)17(25(38)34-21-11-16(31)7-9-19(21)32)13-37(24)22-12-33-28(42-4)36-26(22)41-3/h6-14,40H,5H2,1-4H3,(H,34,38)(H,35,39). The Kier molecular flexibility index (Phi) is 7.84. The second-order valence-electron chi connectivity index (χ2n) is 9.67. The van der Waals surface area contributed by atoms with Crippen LogP contribution in [0.3, 0.4) is 0 Å². The molecular formula is C29H26Cl2FN5O5. The summed E-state index contributed by atoms with van der Waals surface area (Å²) in [6.07, 6.45) is 3.41. The second-order valence-corrected chi connectivity index (χ2v) is 10.5. The summed E-state index contributed by atoms with van der Waals surface area (Å²) >= 11 is 12.2. The van der Waals surface area contributed by atoms with Crippen LogP contribution in [0.4, 0.5) is 15.8 Å². The number of amides is 2. The summed E-state index contributed by atoms with van der Waals surface area (Å²) in [5.74, 6) is -2.53. The van der Waals surface area contributed by atoms with Gasteiger partial charge in [0.2, 0.25) is 5.88 Å². The molecule has 3 heterocycles. The number of nitrogens with one attached hydrogen (secondary N) is 2. The number of benzene rings is 2. The Hall–Kier alpha value is -4.19. The van der Waals surface area contributed by atoms with Gasteiger partial charge in [-0.25, -0.2) is 9.37 Å². The molecule has 218 valence electrons. The van der Waals surface area contributed by atoms with E-state index in [0.717, 1.165) is 6.07 Å². The molecule has 42 heavy (non-hydrogen) atoms. The minimum absolute atomic E-state index is 0.00627. The first-order valence-electron chi connectivity index (χ1n) is 12.8. The van der Waals surface area contributed by atoms with E-state index in [9.17, 15) is 19.1 Å². The molecule has 1 aliphatic heterocycles. The first-order chi connectivity index (χ1) is 20.0. The minimum Gasteiger partial charge on any atom is -0.479 e. The van der Waals surface area contributed by atoms with Crippen LogP contribution in [0, 0.1) is 5.82 Å². The molecule has 0 fully saturated rings. The number of aliphatic hydroxyl groups is 1. The van der Waals surface area contributed by atoms with Gasteiger partial charge in [0, 0.05) is 38.8 Å². The Morgan fingerprint density at radius 2 is 1.90 bits per heavy atom. The molecule has 0 bridgehead atoms. The number of nitrogens with zero attached hydrogens (tertiary/aromatic N) is 3. The maximum absolute atomic E-state index is 14.7. The van der Waals surface area contributed by atoms with E-state index in [1.807, 2.05) is 13.8 Å². The van der Waals surface area contributed by atoms with Crippen LogP contribution in [0.1, 0.15) is 53.4 Å². The van der Waals surface area contributed by atoms with Crippen molar-refractivity contribution in [1.29, 1.82) is 0 Å². The van der Waals surface area contributed by atoms with Crippen LogP contribution in [-0.4, -0.2) is 45.7 Å². The van der Waals surface area contributed by atoms with Crippen molar-refractivity contribution in [1.82, 2.24) is 14.5 Å². The molecule has 2 atom stereocenters. The summed E-state index contributed by atoms with van der Waals surface area (Å²) in [5, 5.41) is 18.1. The number of fused-ring (bicyclic) bond motifs is 1. The van der Waals surface area contributed by atoms with Crippen molar-refractivity contribution in [2.75, 3.05) is 24.9 Å². The van der Waals surface area contributed by atoms with Crippen molar-refractivity contribution in [3.63, 3.8) is 0 Å². The number of carbonyl (C=O) groups is 2. The topological polar surface area (TPSA) is 128 Å². The lowest BCUT2D eigenvalue weighted by atomic mass is 9.82. The molecule has 2 aromatic carbocycles. The second kappa shape index (κ2) is 11.2. The Morgan fingerprint density at radius 1 is 1.19 bits per heavy atom. The van der Waals surface area contributed by atoms with Gasteiger partial charge in [0.05, 0.1) is 31.7 Å². The summed E-state index contributed by atoms with van der Waals surface area (Å²) in [6, 6.07) is 8.33. The van der Waals surface area contributed by atoms with Crippen molar-refractivity contribution in [2.24, 2.45) is 0 Å². The number of hydrogen-bond donors (Lipinski definition) is 3. The third kappa shape index (κ3) is 4.83. The highest BCUT2D eigenvalue weighted by Gasteiger charge is 2.52. The molecule has 0 aliphatic carbocycles. The van der Waals surface area contributed by atoms with Crippen molar-refractivity contribution in [3.05, 3.63) is 87.0 Å². The zero-order valence-electron chi connectivity index (χ0n) is 23.0. The minimum atomic E-state index is -2.33. The Morgan fingerprint density at radius 3 is 2.60 bits per heavy atom.